The summed E-state index contributed by atoms with van der Waals surface area (Å²) in [6.45, 7) is 1.77. The predicted molar refractivity (Wildman–Crippen MR) is 75.8 cm³/mol. The van der Waals surface area contributed by atoms with Gasteiger partial charge in [0.2, 0.25) is 0 Å². The molecule has 3 heteroatoms. The molecule has 2 nitrogen and oxygen atoms in total. The van der Waals surface area contributed by atoms with Crippen molar-refractivity contribution < 1.29 is 9.84 Å². The Morgan fingerprint density at radius 3 is 2.39 bits per heavy atom. The Bertz CT molecular complexity index is 535. The van der Waals surface area contributed by atoms with Crippen LogP contribution in [0.3, 0.4) is 0 Å². The average molecular weight is 307 g/mol. The van der Waals surface area contributed by atoms with Crippen molar-refractivity contribution in [3.63, 3.8) is 0 Å². The fraction of sp³-hybridized carbons (Fsp3) is 0.200. The van der Waals surface area contributed by atoms with Gasteiger partial charge in [-0.05, 0) is 24.6 Å². The summed E-state index contributed by atoms with van der Waals surface area (Å²) in [5.41, 5.74) is 0.512. The first-order valence-corrected chi connectivity index (χ1v) is 6.47. The van der Waals surface area contributed by atoms with E-state index in [1.165, 1.54) is 0 Å². The molecule has 2 aromatic rings. The molecule has 0 heterocycles. The summed E-state index contributed by atoms with van der Waals surface area (Å²) in [5.74, 6) is 0.665. The minimum absolute atomic E-state index is 0.665. The van der Waals surface area contributed by atoms with Gasteiger partial charge < -0.3 is 9.84 Å². The van der Waals surface area contributed by atoms with E-state index in [-0.39, 0.29) is 0 Å². The highest BCUT2D eigenvalue weighted by Gasteiger charge is 2.28. The second-order valence-electron chi connectivity index (χ2n) is 4.28. The predicted octanol–water partition coefficient (Wildman–Crippen LogP) is 3.71. The summed E-state index contributed by atoms with van der Waals surface area (Å²) < 4.78 is 6.27. The number of halogens is 1. The lowest BCUT2D eigenvalue weighted by Crippen LogP contribution is -2.23. The van der Waals surface area contributed by atoms with Crippen LogP contribution in [-0.2, 0) is 5.60 Å². The van der Waals surface area contributed by atoms with Crippen LogP contribution in [0.4, 0.5) is 0 Å². The second kappa shape index (κ2) is 5.12. The van der Waals surface area contributed by atoms with Crippen LogP contribution in [0, 0.1) is 0 Å². The Morgan fingerprint density at radius 2 is 1.78 bits per heavy atom. The third-order valence-electron chi connectivity index (χ3n) is 3.02. The molecule has 94 valence electrons. The summed E-state index contributed by atoms with van der Waals surface area (Å²) in [7, 11) is 1.60. The van der Waals surface area contributed by atoms with Gasteiger partial charge in [0, 0.05) is 10.0 Å². The van der Waals surface area contributed by atoms with E-state index in [1.807, 2.05) is 48.5 Å². The molecule has 1 atom stereocenters. The van der Waals surface area contributed by atoms with Crippen LogP contribution in [0.1, 0.15) is 18.1 Å². The highest BCUT2D eigenvalue weighted by molar-refractivity contribution is 9.10. The summed E-state index contributed by atoms with van der Waals surface area (Å²) in [4.78, 5) is 0. The Labute approximate surface area is 115 Å². The SMILES string of the molecule is COc1cc(Br)ccc1C(C)(O)c1ccccc1. The third-order valence-corrected chi connectivity index (χ3v) is 3.52. The maximum atomic E-state index is 10.8. The van der Waals surface area contributed by atoms with Crippen LogP contribution in [0.2, 0.25) is 0 Å². The lowest BCUT2D eigenvalue weighted by molar-refractivity contribution is 0.0989. The van der Waals surface area contributed by atoms with Gasteiger partial charge in [-0.2, -0.15) is 0 Å². The summed E-state index contributed by atoms with van der Waals surface area (Å²) >= 11 is 3.40. The highest BCUT2D eigenvalue weighted by Crippen LogP contribution is 2.36. The van der Waals surface area contributed by atoms with Crippen molar-refractivity contribution in [2.24, 2.45) is 0 Å². The van der Waals surface area contributed by atoms with Crippen LogP contribution < -0.4 is 4.74 Å². The van der Waals surface area contributed by atoms with Crippen molar-refractivity contribution in [3.05, 3.63) is 64.1 Å². The lowest BCUT2D eigenvalue weighted by atomic mass is 9.88. The molecule has 2 rings (SSSR count). The first-order chi connectivity index (χ1) is 8.55. The largest absolute Gasteiger partial charge is 0.496 e. The van der Waals surface area contributed by atoms with Gasteiger partial charge in [-0.1, -0.05) is 52.3 Å². The number of hydrogen-bond donors (Lipinski definition) is 1. The molecule has 0 aliphatic carbocycles. The summed E-state index contributed by atoms with van der Waals surface area (Å²) in [6, 6.07) is 15.2. The monoisotopic (exact) mass is 306 g/mol. The smallest absolute Gasteiger partial charge is 0.126 e. The van der Waals surface area contributed by atoms with Gasteiger partial charge in [-0.3, -0.25) is 0 Å². The maximum Gasteiger partial charge on any atom is 0.126 e. The molecule has 0 spiro atoms. The molecule has 18 heavy (non-hydrogen) atoms. The van der Waals surface area contributed by atoms with E-state index in [0.717, 1.165) is 15.6 Å². The van der Waals surface area contributed by atoms with Crippen molar-refractivity contribution in [2.75, 3.05) is 7.11 Å². The lowest BCUT2D eigenvalue weighted by Gasteiger charge is -2.26. The number of aliphatic hydroxyl groups is 1. The molecule has 0 radical (unpaired) electrons. The van der Waals surface area contributed by atoms with Gasteiger partial charge in [0.05, 0.1) is 7.11 Å². The van der Waals surface area contributed by atoms with Crippen LogP contribution in [0.5, 0.6) is 5.75 Å². The number of hydrogen-bond acceptors (Lipinski definition) is 2. The maximum absolute atomic E-state index is 10.8. The Hall–Kier alpha value is -1.32. The van der Waals surface area contributed by atoms with Gasteiger partial charge in [0.25, 0.3) is 0 Å². The van der Waals surface area contributed by atoms with E-state index in [1.54, 1.807) is 14.0 Å². The highest BCUT2D eigenvalue weighted by atomic mass is 79.9. The van der Waals surface area contributed by atoms with Gasteiger partial charge in [-0.25, -0.2) is 0 Å². The molecule has 0 aromatic heterocycles. The van der Waals surface area contributed by atoms with E-state index in [9.17, 15) is 5.11 Å². The molecule has 1 N–H and O–H groups in total. The van der Waals surface area contributed by atoms with Crippen molar-refractivity contribution >= 4 is 15.9 Å². The summed E-state index contributed by atoms with van der Waals surface area (Å²) in [6.07, 6.45) is 0. The minimum Gasteiger partial charge on any atom is -0.496 e. The molecule has 0 saturated heterocycles. The molecule has 0 saturated carbocycles. The molecule has 0 aliphatic heterocycles. The molecule has 0 fully saturated rings. The molecule has 0 bridgehead atoms. The fourth-order valence-electron chi connectivity index (χ4n) is 1.99. The fourth-order valence-corrected chi connectivity index (χ4v) is 2.33. The van der Waals surface area contributed by atoms with E-state index >= 15 is 0 Å². The number of methoxy groups -OCH3 is 1. The van der Waals surface area contributed by atoms with Gasteiger partial charge in [0.15, 0.2) is 0 Å². The van der Waals surface area contributed by atoms with Crippen molar-refractivity contribution in [1.29, 1.82) is 0 Å². The molecular formula is C15H15BrO2. The van der Waals surface area contributed by atoms with Crippen LogP contribution >= 0.6 is 15.9 Å². The van der Waals surface area contributed by atoms with Gasteiger partial charge in [-0.15, -0.1) is 0 Å². The first kappa shape index (κ1) is 13.1. The second-order valence-corrected chi connectivity index (χ2v) is 5.20. The zero-order valence-electron chi connectivity index (χ0n) is 10.4. The Morgan fingerprint density at radius 1 is 1.11 bits per heavy atom. The van der Waals surface area contributed by atoms with Crippen LogP contribution in [0.25, 0.3) is 0 Å². The van der Waals surface area contributed by atoms with E-state index in [4.69, 9.17) is 4.74 Å². The summed E-state index contributed by atoms with van der Waals surface area (Å²) in [5, 5.41) is 10.8. The average Bonchev–Trinajstić information content (AvgIpc) is 2.39. The molecule has 0 aliphatic rings. The van der Waals surface area contributed by atoms with Gasteiger partial charge in [0.1, 0.15) is 11.4 Å². The van der Waals surface area contributed by atoms with Crippen LogP contribution in [0.15, 0.2) is 53.0 Å². The normalized spacial score (nSPS) is 14.0. The number of rotatable bonds is 3. The molecular weight excluding hydrogens is 292 g/mol. The third kappa shape index (κ3) is 2.42. The standard InChI is InChI=1S/C15H15BrO2/c1-15(17,11-6-4-3-5-7-11)13-9-8-12(16)10-14(13)18-2/h3-10,17H,1-2H3. The van der Waals surface area contributed by atoms with Crippen molar-refractivity contribution in [3.8, 4) is 5.75 Å². The minimum atomic E-state index is -1.08. The van der Waals surface area contributed by atoms with Gasteiger partial charge >= 0.3 is 0 Å². The first-order valence-electron chi connectivity index (χ1n) is 5.67. The molecule has 0 amide bonds. The topological polar surface area (TPSA) is 29.5 Å². The molecule has 2 aromatic carbocycles. The quantitative estimate of drug-likeness (QED) is 0.936. The number of benzene rings is 2. The Kier molecular flexibility index (Phi) is 3.73. The number of ether oxygens (including phenoxy) is 1. The zero-order valence-corrected chi connectivity index (χ0v) is 11.9. The van der Waals surface area contributed by atoms with Crippen LogP contribution in [-0.4, -0.2) is 12.2 Å². The van der Waals surface area contributed by atoms with Crippen molar-refractivity contribution in [1.82, 2.24) is 0 Å². The molecule has 1 unspecified atom stereocenters. The van der Waals surface area contributed by atoms with E-state index < -0.39 is 5.60 Å². The van der Waals surface area contributed by atoms with Crippen molar-refractivity contribution in [2.45, 2.75) is 12.5 Å². The van der Waals surface area contributed by atoms with E-state index in [2.05, 4.69) is 15.9 Å². The zero-order chi connectivity index (χ0) is 13.2. The van der Waals surface area contributed by atoms with E-state index in [0.29, 0.717) is 5.75 Å². The Balaban J connectivity index is 2.54.